The van der Waals surface area contributed by atoms with Crippen LogP contribution in [0.1, 0.15) is 63.9 Å². The highest BCUT2D eigenvalue weighted by molar-refractivity contribution is 6.05. The molecule has 6 heteroatoms. The number of fused-ring (bicyclic) bond motifs is 4. The SMILES string of the molecule is CCC(C)c1ccc(-n2c3nc4ccccc4nc3c3c(=O)n(C(C)CC)c(C)nc32)cc1. The van der Waals surface area contributed by atoms with Gasteiger partial charge in [-0.3, -0.25) is 13.9 Å². The zero-order chi connectivity index (χ0) is 23.3. The van der Waals surface area contributed by atoms with Gasteiger partial charge in [-0.25, -0.2) is 15.0 Å². The zero-order valence-corrected chi connectivity index (χ0v) is 19.8. The number of hydrogen-bond donors (Lipinski definition) is 0. The smallest absolute Gasteiger partial charge is 0.265 e. The summed E-state index contributed by atoms with van der Waals surface area (Å²) in [5.41, 5.74) is 5.60. The van der Waals surface area contributed by atoms with E-state index in [1.807, 2.05) is 35.8 Å². The molecule has 0 spiro atoms. The fourth-order valence-electron chi connectivity index (χ4n) is 4.54. The third kappa shape index (κ3) is 3.32. The van der Waals surface area contributed by atoms with Crippen molar-refractivity contribution in [2.75, 3.05) is 0 Å². The van der Waals surface area contributed by atoms with Crippen LogP contribution in [0.25, 0.3) is 38.9 Å². The van der Waals surface area contributed by atoms with Gasteiger partial charge in [0.1, 0.15) is 16.7 Å². The van der Waals surface area contributed by atoms with Gasteiger partial charge in [-0.15, -0.1) is 0 Å². The molecule has 0 aliphatic rings. The molecule has 3 aromatic heterocycles. The van der Waals surface area contributed by atoms with Gasteiger partial charge in [0.2, 0.25) is 0 Å². The molecule has 2 atom stereocenters. The number of nitrogens with zero attached hydrogens (tertiary/aromatic N) is 5. The van der Waals surface area contributed by atoms with E-state index in [1.165, 1.54) is 5.56 Å². The molecule has 6 nitrogen and oxygen atoms in total. The molecule has 5 aromatic rings. The molecular weight excluding hydrogens is 410 g/mol. The summed E-state index contributed by atoms with van der Waals surface area (Å²) in [5, 5.41) is 0.528. The van der Waals surface area contributed by atoms with Crippen molar-refractivity contribution in [2.24, 2.45) is 0 Å². The average molecular weight is 440 g/mol. The van der Waals surface area contributed by atoms with Crippen LogP contribution in [0.3, 0.4) is 0 Å². The summed E-state index contributed by atoms with van der Waals surface area (Å²) >= 11 is 0. The maximum absolute atomic E-state index is 13.8. The van der Waals surface area contributed by atoms with E-state index in [0.29, 0.717) is 33.9 Å². The Morgan fingerprint density at radius 3 is 2.15 bits per heavy atom. The first-order chi connectivity index (χ1) is 15.9. The molecular formula is C27H29N5O. The van der Waals surface area contributed by atoms with Gasteiger partial charge in [0.15, 0.2) is 11.3 Å². The van der Waals surface area contributed by atoms with Crippen molar-refractivity contribution in [1.82, 2.24) is 24.1 Å². The minimum atomic E-state index is -0.0589. The first-order valence-electron chi connectivity index (χ1n) is 11.7. The Morgan fingerprint density at radius 2 is 1.52 bits per heavy atom. The molecule has 2 unspecified atom stereocenters. The molecule has 0 bridgehead atoms. The summed E-state index contributed by atoms with van der Waals surface area (Å²) in [6.07, 6.45) is 1.93. The van der Waals surface area contributed by atoms with Crippen LogP contribution in [0.2, 0.25) is 0 Å². The highest BCUT2D eigenvalue weighted by atomic mass is 16.1. The fraction of sp³-hybridized carbons (Fsp3) is 0.333. The minimum Gasteiger partial charge on any atom is -0.293 e. The average Bonchev–Trinajstić information content (AvgIpc) is 3.14. The van der Waals surface area contributed by atoms with Crippen LogP contribution in [0.4, 0.5) is 0 Å². The summed E-state index contributed by atoms with van der Waals surface area (Å²) in [6, 6.07) is 16.3. The van der Waals surface area contributed by atoms with Crippen LogP contribution < -0.4 is 5.56 Å². The Hall–Kier alpha value is -3.54. The monoisotopic (exact) mass is 439 g/mol. The molecule has 168 valence electrons. The Morgan fingerprint density at radius 1 is 0.848 bits per heavy atom. The van der Waals surface area contributed by atoms with Gasteiger partial charge in [-0.1, -0.05) is 45.0 Å². The van der Waals surface area contributed by atoms with Crippen LogP contribution in [-0.2, 0) is 0 Å². The number of para-hydroxylation sites is 2. The van der Waals surface area contributed by atoms with Crippen molar-refractivity contribution in [3.8, 4) is 5.69 Å². The molecule has 0 amide bonds. The maximum atomic E-state index is 13.8. The van der Waals surface area contributed by atoms with E-state index in [9.17, 15) is 4.79 Å². The highest BCUT2D eigenvalue weighted by Crippen LogP contribution is 2.30. The van der Waals surface area contributed by atoms with Gasteiger partial charge >= 0.3 is 0 Å². The Bertz CT molecular complexity index is 1550. The van der Waals surface area contributed by atoms with Crippen LogP contribution in [0.15, 0.2) is 53.3 Å². The summed E-state index contributed by atoms with van der Waals surface area (Å²) in [5.74, 6) is 1.19. The second-order valence-corrected chi connectivity index (χ2v) is 8.91. The molecule has 0 aliphatic carbocycles. The summed E-state index contributed by atoms with van der Waals surface area (Å²) in [4.78, 5) is 28.5. The molecule has 2 aromatic carbocycles. The van der Waals surface area contributed by atoms with Gasteiger partial charge < -0.3 is 0 Å². The van der Waals surface area contributed by atoms with Crippen molar-refractivity contribution in [3.05, 3.63) is 70.3 Å². The number of rotatable bonds is 5. The third-order valence-corrected chi connectivity index (χ3v) is 6.85. The molecule has 33 heavy (non-hydrogen) atoms. The standard InChI is InChI=1S/C27H29N5O/c1-6-16(3)19-12-14-20(15-13-19)32-25-23(27(33)31(17(4)7-2)18(5)28-25)24-26(32)30-22-11-9-8-10-21(22)29-24/h8-17H,6-7H2,1-5H3. The normalized spacial score (nSPS) is 13.7. The van der Waals surface area contributed by atoms with Gasteiger partial charge in [0.25, 0.3) is 5.56 Å². The first kappa shape index (κ1) is 21.3. The number of aryl methyl sites for hydroxylation is 1. The third-order valence-electron chi connectivity index (χ3n) is 6.85. The molecule has 0 N–H and O–H groups in total. The van der Waals surface area contributed by atoms with E-state index >= 15 is 0 Å². The lowest BCUT2D eigenvalue weighted by atomic mass is 9.99. The maximum Gasteiger partial charge on any atom is 0.265 e. The molecule has 0 aliphatic heterocycles. The second kappa shape index (κ2) is 8.10. The minimum absolute atomic E-state index is 0.0519. The number of aromatic nitrogens is 5. The van der Waals surface area contributed by atoms with Crippen molar-refractivity contribution < 1.29 is 0 Å². The molecule has 0 saturated heterocycles. The molecule has 3 heterocycles. The lowest BCUT2D eigenvalue weighted by Crippen LogP contribution is -2.26. The summed E-state index contributed by atoms with van der Waals surface area (Å²) in [6.45, 7) is 10.5. The van der Waals surface area contributed by atoms with E-state index in [1.54, 1.807) is 4.57 Å². The van der Waals surface area contributed by atoms with Gasteiger partial charge in [-0.2, -0.15) is 0 Å². The predicted octanol–water partition coefficient (Wildman–Crippen LogP) is 6.08. The largest absolute Gasteiger partial charge is 0.293 e. The summed E-state index contributed by atoms with van der Waals surface area (Å²) in [7, 11) is 0. The second-order valence-electron chi connectivity index (χ2n) is 8.91. The fourth-order valence-corrected chi connectivity index (χ4v) is 4.54. The topological polar surface area (TPSA) is 65.6 Å². The van der Waals surface area contributed by atoms with E-state index < -0.39 is 0 Å². The highest BCUT2D eigenvalue weighted by Gasteiger charge is 2.23. The van der Waals surface area contributed by atoms with Crippen molar-refractivity contribution in [1.29, 1.82) is 0 Å². The van der Waals surface area contributed by atoms with Crippen LogP contribution in [0, 0.1) is 6.92 Å². The molecule has 5 rings (SSSR count). The first-order valence-corrected chi connectivity index (χ1v) is 11.7. The van der Waals surface area contributed by atoms with Crippen LogP contribution >= 0.6 is 0 Å². The summed E-state index contributed by atoms with van der Waals surface area (Å²) < 4.78 is 3.77. The van der Waals surface area contributed by atoms with Gasteiger partial charge in [0.05, 0.1) is 11.0 Å². The van der Waals surface area contributed by atoms with Crippen LogP contribution in [-0.4, -0.2) is 24.1 Å². The van der Waals surface area contributed by atoms with Crippen molar-refractivity contribution in [2.45, 2.75) is 59.4 Å². The lowest BCUT2D eigenvalue weighted by Gasteiger charge is -2.16. The van der Waals surface area contributed by atoms with E-state index in [2.05, 4.69) is 52.0 Å². The Labute approximate surface area is 192 Å². The lowest BCUT2D eigenvalue weighted by molar-refractivity contribution is 0.497. The molecule has 0 fully saturated rings. The Balaban J connectivity index is 1.91. The van der Waals surface area contributed by atoms with Crippen LogP contribution in [0.5, 0.6) is 0 Å². The number of benzene rings is 2. The van der Waals surface area contributed by atoms with E-state index in [4.69, 9.17) is 15.0 Å². The quantitative estimate of drug-likeness (QED) is 0.333. The predicted molar refractivity (Wildman–Crippen MR) is 134 cm³/mol. The van der Waals surface area contributed by atoms with Gasteiger partial charge in [0, 0.05) is 11.7 Å². The van der Waals surface area contributed by atoms with Crippen molar-refractivity contribution in [3.63, 3.8) is 0 Å². The zero-order valence-electron chi connectivity index (χ0n) is 19.8. The van der Waals surface area contributed by atoms with Crippen molar-refractivity contribution >= 4 is 33.2 Å². The van der Waals surface area contributed by atoms with E-state index in [0.717, 1.165) is 29.6 Å². The Kier molecular flexibility index (Phi) is 5.23. The molecule has 0 radical (unpaired) electrons. The number of hydrogen-bond acceptors (Lipinski definition) is 4. The molecule has 0 saturated carbocycles. The van der Waals surface area contributed by atoms with E-state index in [-0.39, 0.29) is 11.6 Å². The van der Waals surface area contributed by atoms with Gasteiger partial charge in [-0.05, 0) is 62.4 Å².